The lowest BCUT2D eigenvalue weighted by atomic mass is 10.1. The van der Waals surface area contributed by atoms with Gasteiger partial charge in [0.15, 0.2) is 5.75 Å². The van der Waals surface area contributed by atoms with Crippen molar-refractivity contribution in [2.75, 3.05) is 36.8 Å². The Morgan fingerprint density at radius 2 is 1.88 bits per heavy atom. The fraction of sp³-hybridized carbons (Fsp3) is 0.500. The van der Waals surface area contributed by atoms with E-state index >= 15 is 0 Å². The van der Waals surface area contributed by atoms with E-state index in [-0.39, 0.29) is 22.7 Å². The van der Waals surface area contributed by atoms with Crippen molar-refractivity contribution >= 4 is 34.6 Å². The van der Waals surface area contributed by atoms with Crippen molar-refractivity contribution in [2.45, 2.75) is 27.2 Å². The van der Waals surface area contributed by atoms with Gasteiger partial charge in [0.05, 0.1) is 24.0 Å². The highest BCUT2D eigenvalue weighted by molar-refractivity contribution is 7.81. The Hall–Kier alpha value is -2.33. The standard InChI is InChI=1S/C16H26N4O5S/c1-5-8-17-16(23)18-13-10-11(19-26(24)25-4)9-12(14(13)21)15(22)20(6-2)7-3/h9-10,19,21H,5-8H2,1-4H3,(H2,17,18,23). The summed E-state index contributed by atoms with van der Waals surface area (Å²) in [5.74, 6) is -0.765. The lowest BCUT2D eigenvalue weighted by molar-refractivity contribution is 0.0770. The average molecular weight is 386 g/mol. The molecule has 0 heterocycles. The van der Waals surface area contributed by atoms with Crippen molar-refractivity contribution in [1.29, 1.82) is 0 Å². The second-order valence-electron chi connectivity index (χ2n) is 5.28. The molecule has 0 aliphatic heterocycles. The maximum Gasteiger partial charge on any atom is 0.319 e. The Kier molecular flexibility index (Phi) is 8.86. The van der Waals surface area contributed by atoms with Gasteiger partial charge in [-0.2, -0.15) is 0 Å². The summed E-state index contributed by atoms with van der Waals surface area (Å²) in [6.45, 7) is 6.91. The van der Waals surface area contributed by atoms with Crippen molar-refractivity contribution in [3.05, 3.63) is 17.7 Å². The summed E-state index contributed by atoms with van der Waals surface area (Å²) in [7, 11) is 1.25. The molecule has 146 valence electrons. The predicted molar refractivity (Wildman–Crippen MR) is 101 cm³/mol. The van der Waals surface area contributed by atoms with Gasteiger partial charge in [-0.25, -0.2) is 9.00 Å². The molecular formula is C16H26N4O5S. The minimum Gasteiger partial charge on any atom is -0.505 e. The first-order chi connectivity index (χ1) is 12.4. The van der Waals surface area contributed by atoms with Gasteiger partial charge >= 0.3 is 6.03 Å². The summed E-state index contributed by atoms with van der Waals surface area (Å²) in [5.41, 5.74) is 0.258. The molecule has 0 bridgehead atoms. The third-order valence-corrected chi connectivity index (χ3v) is 4.23. The number of phenolic OH excluding ortho intramolecular Hbond substituents is 1. The molecule has 0 saturated carbocycles. The number of nitrogens with zero attached hydrogens (tertiary/aromatic N) is 1. The van der Waals surface area contributed by atoms with Crippen LogP contribution in [-0.4, -0.2) is 52.9 Å². The quantitative estimate of drug-likeness (QED) is 0.382. The second kappa shape index (κ2) is 10.6. The number of urea groups is 1. The molecule has 26 heavy (non-hydrogen) atoms. The molecule has 0 radical (unpaired) electrons. The number of phenols is 1. The Bertz CT molecular complexity index is 664. The van der Waals surface area contributed by atoms with Crippen molar-refractivity contribution in [1.82, 2.24) is 10.2 Å². The lowest BCUT2D eigenvalue weighted by Crippen LogP contribution is -2.31. The molecule has 10 heteroatoms. The van der Waals surface area contributed by atoms with E-state index in [9.17, 15) is 18.9 Å². The van der Waals surface area contributed by atoms with E-state index in [1.165, 1.54) is 24.1 Å². The third kappa shape index (κ3) is 5.88. The summed E-state index contributed by atoms with van der Waals surface area (Å²) in [4.78, 5) is 26.1. The molecule has 1 rings (SSSR count). The zero-order chi connectivity index (χ0) is 19.7. The van der Waals surface area contributed by atoms with Crippen molar-refractivity contribution in [3.8, 4) is 5.75 Å². The number of rotatable bonds is 9. The van der Waals surface area contributed by atoms with E-state index in [1.807, 2.05) is 20.8 Å². The number of anilines is 2. The Labute approximate surface area is 155 Å². The summed E-state index contributed by atoms with van der Waals surface area (Å²) < 4.78 is 18.8. The number of nitrogens with one attached hydrogen (secondary N) is 3. The maximum atomic E-state index is 12.6. The number of benzene rings is 1. The molecule has 0 aromatic heterocycles. The van der Waals surface area contributed by atoms with Crippen LogP contribution in [0.15, 0.2) is 12.1 Å². The van der Waals surface area contributed by atoms with Crippen LogP contribution in [0.1, 0.15) is 37.6 Å². The molecular weight excluding hydrogens is 360 g/mol. The molecule has 1 aromatic carbocycles. The topological polar surface area (TPSA) is 120 Å². The second-order valence-corrected chi connectivity index (χ2v) is 6.29. The molecule has 0 aliphatic rings. The molecule has 3 amide bonds. The Morgan fingerprint density at radius 3 is 2.42 bits per heavy atom. The maximum absolute atomic E-state index is 12.6. The zero-order valence-electron chi connectivity index (χ0n) is 15.4. The van der Waals surface area contributed by atoms with Gasteiger partial charge in [0.2, 0.25) is 0 Å². The SMILES string of the molecule is CCCNC(=O)Nc1cc(NS(=O)OC)cc(C(=O)N(CC)CC)c1O. The number of carbonyl (C=O) groups excluding carboxylic acids is 2. The van der Waals surface area contributed by atoms with Crippen LogP contribution in [-0.2, 0) is 15.4 Å². The van der Waals surface area contributed by atoms with E-state index in [0.717, 1.165) is 6.42 Å². The third-order valence-electron chi connectivity index (χ3n) is 3.53. The highest BCUT2D eigenvalue weighted by Gasteiger charge is 2.21. The molecule has 1 aromatic rings. The van der Waals surface area contributed by atoms with Gasteiger partial charge in [-0.15, -0.1) is 0 Å². The summed E-state index contributed by atoms with van der Waals surface area (Å²) in [5, 5.41) is 15.6. The predicted octanol–water partition coefficient (Wildman–Crippen LogP) is 2.04. The highest BCUT2D eigenvalue weighted by Crippen LogP contribution is 2.33. The summed E-state index contributed by atoms with van der Waals surface area (Å²) in [6, 6.07) is 2.21. The fourth-order valence-electron chi connectivity index (χ4n) is 2.18. The molecule has 0 saturated heterocycles. The van der Waals surface area contributed by atoms with Gasteiger partial charge < -0.3 is 20.6 Å². The van der Waals surface area contributed by atoms with E-state index in [0.29, 0.717) is 19.6 Å². The highest BCUT2D eigenvalue weighted by atomic mass is 32.2. The number of hydrogen-bond acceptors (Lipinski definition) is 5. The Morgan fingerprint density at radius 1 is 1.23 bits per heavy atom. The summed E-state index contributed by atoms with van der Waals surface area (Å²) >= 11 is -1.83. The van der Waals surface area contributed by atoms with Crippen molar-refractivity contribution in [3.63, 3.8) is 0 Å². The lowest BCUT2D eigenvalue weighted by Gasteiger charge is -2.21. The van der Waals surface area contributed by atoms with E-state index in [4.69, 9.17) is 0 Å². The minimum atomic E-state index is -1.83. The number of amides is 3. The van der Waals surface area contributed by atoms with Crippen LogP contribution in [0, 0.1) is 0 Å². The van der Waals surface area contributed by atoms with E-state index in [2.05, 4.69) is 19.5 Å². The smallest absolute Gasteiger partial charge is 0.319 e. The van der Waals surface area contributed by atoms with Gasteiger partial charge in [0.1, 0.15) is 0 Å². The number of aromatic hydroxyl groups is 1. The van der Waals surface area contributed by atoms with Crippen LogP contribution in [0.4, 0.5) is 16.2 Å². The van der Waals surface area contributed by atoms with Crippen molar-refractivity contribution in [2.24, 2.45) is 0 Å². The minimum absolute atomic E-state index is 0.0161. The summed E-state index contributed by atoms with van der Waals surface area (Å²) in [6.07, 6.45) is 0.750. The average Bonchev–Trinajstić information content (AvgIpc) is 2.63. The van der Waals surface area contributed by atoms with Gasteiger partial charge in [-0.1, -0.05) is 6.92 Å². The fourth-order valence-corrected chi connectivity index (χ4v) is 2.57. The van der Waals surface area contributed by atoms with E-state index in [1.54, 1.807) is 0 Å². The van der Waals surface area contributed by atoms with Crippen LogP contribution < -0.4 is 15.4 Å². The molecule has 0 fully saturated rings. The molecule has 1 unspecified atom stereocenters. The molecule has 9 nitrogen and oxygen atoms in total. The first-order valence-corrected chi connectivity index (χ1v) is 9.39. The van der Waals surface area contributed by atoms with Crippen LogP contribution in [0.25, 0.3) is 0 Å². The number of hydrogen-bond donors (Lipinski definition) is 4. The number of carbonyl (C=O) groups is 2. The largest absolute Gasteiger partial charge is 0.505 e. The molecule has 4 N–H and O–H groups in total. The first kappa shape index (κ1) is 21.7. The van der Waals surface area contributed by atoms with Crippen LogP contribution in [0.3, 0.4) is 0 Å². The zero-order valence-corrected chi connectivity index (χ0v) is 16.2. The normalized spacial score (nSPS) is 11.5. The monoisotopic (exact) mass is 386 g/mol. The van der Waals surface area contributed by atoms with Gasteiger partial charge in [0.25, 0.3) is 17.2 Å². The van der Waals surface area contributed by atoms with Gasteiger partial charge in [0, 0.05) is 19.6 Å². The van der Waals surface area contributed by atoms with Gasteiger partial charge in [-0.05, 0) is 32.4 Å². The molecule has 1 atom stereocenters. The van der Waals surface area contributed by atoms with Gasteiger partial charge in [-0.3, -0.25) is 13.7 Å². The molecule has 0 aliphatic carbocycles. The van der Waals surface area contributed by atoms with E-state index < -0.39 is 23.2 Å². The first-order valence-electron chi connectivity index (χ1n) is 8.31. The van der Waals surface area contributed by atoms with Crippen LogP contribution in [0.5, 0.6) is 5.75 Å². The molecule has 0 spiro atoms. The van der Waals surface area contributed by atoms with Crippen LogP contribution in [0.2, 0.25) is 0 Å². The Balaban J connectivity index is 3.27. The van der Waals surface area contributed by atoms with Crippen LogP contribution >= 0.6 is 0 Å². The van der Waals surface area contributed by atoms with Crippen molar-refractivity contribution < 1.29 is 23.1 Å².